The number of ether oxygens (including phenoxy) is 1. The first-order chi connectivity index (χ1) is 16.1. The molecule has 0 atom stereocenters. The highest BCUT2D eigenvalue weighted by Crippen LogP contribution is 2.29. The van der Waals surface area contributed by atoms with Crippen LogP contribution in [0, 0.1) is 10.1 Å². The van der Waals surface area contributed by atoms with E-state index in [1.807, 2.05) is 0 Å². The molecule has 1 amide bonds. The van der Waals surface area contributed by atoms with Crippen molar-refractivity contribution < 1.29 is 27.7 Å². The fourth-order valence-electron chi connectivity index (χ4n) is 3.20. The molecule has 0 aliphatic rings. The molecule has 0 aliphatic heterocycles. The highest BCUT2D eigenvalue weighted by atomic mass is 32.2. The molecule has 4 rings (SSSR count). The molecular weight excluding hydrogens is 504 g/mol. The number of rotatable bonds is 6. The molecule has 0 aliphatic carbocycles. The Bertz CT molecular complexity index is 1650. The van der Waals surface area contributed by atoms with Crippen molar-refractivity contribution in [1.82, 2.24) is 4.57 Å². The zero-order chi connectivity index (χ0) is 24.6. The van der Waals surface area contributed by atoms with Crippen molar-refractivity contribution in [2.75, 3.05) is 6.61 Å². The molecule has 2 N–H and O–H groups in total. The van der Waals surface area contributed by atoms with Crippen molar-refractivity contribution in [2.24, 2.45) is 10.1 Å². The number of carbonyl (C=O) groups is 2. The molecule has 14 heteroatoms. The van der Waals surface area contributed by atoms with E-state index in [4.69, 9.17) is 9.88 Å². The summed E-state index contributed by atoms with van der Waals surface area (Å²) in [5.74, 6) is -1.17. The smallest absolute Gasteiger partial charge is 0.326 e. The normalized spacial score (nSPS) is 12.4. The van der Waals surface area contributed by atoms with Crippen molar-refractivity contribution in [3.8, 4) is 0 Å². The van der Waals surface area contributed by atoms with Gasteiger partial charge in [-0.15, -0.1) is 11.3 Å². The Morgan fingerprint density at radius 2 is 1.91 bits per heavy atom. The van der Waals surface area contributed by atoms with Crippen molar-refractivity contribution in [3.05, 3.63) is 62.3 Å². The third-order valence-electron chi connectivity index (χ3n) is 4.69. The van der Waals surface area contributed by atoms with Gasteiger partial charge in [0, 0.05) is 22.2 Å². The van der Waals surface area contributed by atoms with Crippen molar-refractivity contribution in [1.29, 1.82) is 0 Å². The molecule has 2 heterocycles. The first-order valence-electron chi connectivity index (χ1n) is 9.65. The van der Waals surface area contributed by atoms with Crippen LogP contribution in [-0.4, -0.2) is 36.4 Å². The minimum atomic E-state index is -3.96. The van der Waals surface area contributed by atoms with Crippen molar-refractivity contribution >= 4 is 70.6 Å². The Morgan fingerprint density at radius 3 is 2.59 bits per heavy atom. The molecule has 0 unspecified atom stereocenters. The molecule has 2 aromatic carbocycles. The number of amides is 1. The van der Waals surface area contributed by atoms with E-state index in [1.54, 1.807) is 13.0 Å². The summed E-state index contributed by atoms with van der Waals surface area (Å²) in [4.78, 5) is 40.0. The van der Waals surface area contributed by atoms with Gasteiger partial charge < -0.3 is 9.30 Å². The second-order valence-corrected chi connectivity index (χ2v) is 10.6. The van der Waals surface area contributed by atoms with E-state index < -0.39 is 26.8 Å². The van der Waals surface area contributed by atoms with Gasteiger partial charge in [0.15, 0.2) is 4.80 Å². The van der Waals surface area contributed by atoms with E-state index in [0.29, 0.717) is 20.3 Å². The average molecular weight is 521 g/mol. The SMILES string of the molecule is CCOC(=O)Cn1/c(=N/C(=O)c2cc3cc([N+](=O)[O-])ccc3s2)sc2cc(S(N)(=O)=O)ccc21. The number of benzene rings is 2. The average Bonchev–Trinajstić information content (AvgIpc) is 3.34. The first kappa shape index (κ1) is 23.7. The molecule has 4 aromatic rings. The Morgan fingerprint density at radius 1 is 1.15 bits per heavy atom. The predicted molar refractivity (Wildman–Crippen MR) is 126 cm³/mol. The van der Waals surface area contributed by atoms with Gasteiger partial charge in [0.25, 0.3) is 11.6 Å². The number of carbonyl (C=O) groups excluding carboxylic acids is 2. The fourth-order valence-corrected chi connectivity index (χ4v) is 5.81. The van der Waals surface area contributed by atoms with Crippen LogP contribution in [-0.2, 0) is 26.1 Å². The van der Waals surface area contributed by atoms with Gasteiger partial charge in [0.2, 0.25) is 10.0 Å². The molecule has 0 fully saturated rings. The van der Waals surface area contributed by atoms with Gasteiger partial charge in [-0.25, -0.2) is 13.6 Å². The Labute approximate surface area is 199 Å². The van der Waals surface area contributed by atoms with Crippen LogP contribution < -0.4 is 9.94 Å². The number of nitrogens with two attached hydrogens (primary N) is 1. The topological polar surface area (TPSA) is 164 Å². The molecule has 0 saturated heterocycles. The number of sulfonamides is 1. The Kier molecular flexibility index (Phi) is 6.31. The van der Waals surface area contributed by atoms with Crippen LogP contribution in [0.1, 0.15) is 16.6 Å². The standard InChI is InChI=1S/C20H16N4O7S3/c1-2-31-18(25)10-23-14-5-4-13(34(21,29)30)9-16(14)33-20(23)22-19(26)17-8-11-7-12(24(27)28)3-6-15(11)32-17/h3-9H,2,10H2,1H3,(H2,21,29,30)/b22-20-. The zero-order valence-electron chi connectivity index (χ0n) is 17.5. The molecule has 176 valence electrons. The number of hydrogen-bond donors (Lipinski definition) is 1. The molecule has 34 heavy (non-hydrogen) atoms. The number of nitro benzene ring substituents is 1. The minimum absolute atomic E-state index is 0.0938. The van der Waals surface area contributed by atoms with Crippen LogP contribution in [0.15, 0.2) is 52.4 Å². The second-order valence-electron chi connectivity index (χ2n) is 6.96. The molecular formula is C20H16N4O7S3. The van der Waals surface area contributed by atoms with Crippen molar-refractivity contribution in [3.63, 3.8) is 0 Å². The Hall–Kier alpha value is -3.46. The summed E-state index contributed by atoms with van der Waals surface area (Å²) in [6.45, 7) is 1.58. The van der Waals surface area contributed by atoms with Crippen molar-refractivity contribution in [2.45, 2.75) is 18.4 Å². The van der Waals surface area contributed by atoms with E-state index in [0.717, 1.165) is 22.7 Å². The largest absolute Gasteiger partial charge is 0.465 e. The van der Waals surface area contributed by atoms with Crippen LogP contribution in [0.2, 0.25) is 0 Å². The maximum absolute atomic E-state index is 12.9. The summed E-state index contributed by atoms with van der Waals surface area (Å²) in [6.07, 6.45) is 0. The van der Waals surface area contributed by atoms with Gasteiger partial charge in [-0.05, 0) is 37.3 Å². The maximum Gasteiger partial charge on any atom is 0.326 e. The molecule has 0 saturated carbocycles. The second kappa shape index (κ2) is 9.06. The fraction of sp³-hybridized carbons (Fsp3) is 0.150. The summed E-state index contributed by atoms with van der Waals surface area (Å²) in [5.41, 5.74) is 0.382. The highest BCUT2D eigenvalue weighted by molar-refractivity contribution is 7.89. The van der Waals surface area contributed by atoms with Gasteiger partial charge in [-0.3, -0.25) is 19.7 Å². The quantitative estimate of drug-likeness (QED) is 0.232. The number of thiazole rings is 1. The number of non-ortho nitro benzene ring substituents is 1. The number of nitro groups is 1. The van der Waals surface area contributed by atoms with E-state index in [-0.39, 0.29) is 33.4 Å². The summed E-state index contributed by atoms with van der Waals surface area (Å²) < 4.78 is 31.1. The van der Waals surface area contributed by atoms with Crippen LogP contribution >= 0.6 is 22.7 Å². The number of nitrogens with zero attached hydrogens (tertiary/aromatic N) is 3. The lowest BCUT2D eigenvalue weighted by Crippen LogP contribution is -2.23. The third kappa shape index (κ3) is 4.75. The minimum Gasteiger partial charge on any atom is -0.465 e. The zero-order valence-corrected chi connectivity index (χ0v) is 19.9. The summed E-state index contributed by atoms with van der Waals surface area (Å²) in [5, 5.41) is 16.8. The van der Waals surface area contributed by atoms with Gasteiger partial charge in [0.1, 0.15) is 6.54 Å². The molecule has 2 aromatic heterocycles. The molecule has 0 spiro atoms. The van der Waals surface area contributed by atoms with Crippen LogP contribution in [0.3, 0.4) is 0 Å². The summed E-state index contributed by atoms with van der Waals surface area (Å²) in [6, 6.07) is 9.93. The van der Waals surface area contributed by atoms with E-state index >= 15 is 0 Å². The van der Waals surface area contributed by atoms with E-state index in [2.05, 4.69) is 4.99 Å². The number of hydrogen-bond acceptors (Lipinski definition) is 9. The summed E-state index contributed by atoms with van der Waals surface area (Å²) in [7, 11) is -3.96. The lowest BCUT2D eigenvalue weighted by molar-refractivity contribution is -0.384. The van der Waals surface area contributed by atoms with Gasteiger partial charge in [-0.2, -0.15) is 4.99 Å². The molecule has 0 bridgehead atoms. The maximum atomic E-state index is 12.9. The van der Waals surface area contributed by atoms with Crippen LogP contribution in [0.25, 0.3) is 20.3 Å². The number of primary sulfonamides is 1. The van der Waals surface area contributed by atoms with E-state index in [9.17, 15) is 28.1 Å². The third-order valence-corrected chi connectivity index (χ3v) is 7.75. The van der Waals surface area contributed by atoms with E-state index in [1.165, 1.54) is 41.0 Å². The number of thiophene rings is 1. The predicted octanol–water partition coefficient (Wildman–Crippen LogP) is 2.78. The lowest BCUT2D eigenvalue weighted by Gasteiger charge is -2.05. The monoisotopic (exact) mass is 520 g/mol. The highest BCUT2D eigenvalue weighted by Gasteiger charge is 2.17. The van der Waals surface area contributed by atoms with Crippen LogP contribution in [0.5, 0.6) is 0 Å². The molecule has 0 radical (unpaired) electrons. The first-order valence-corrected chi connectivity index (χ1v) is 12.8. The van der Waals surface area contributed by atoms with Crippen LogP contribution in [0.4, 0.5) is 5.69 Å². The van der Waals surface area contributed by atoms with Gasteiger partial charge in [-0.1, -0.05) is 11.3 Å². The number of fused-ring (bicyclic) bond motifs is 2. The lowest BCUT2D eigenvalue weighted by atomic mass is 10.2. The Balaban J connectivity index is 1.83. The number of esters is 1. The number of aromatic nitrogens is 1. The van der Waals surface area contributed by atoms with Gasteiger partial charge >= 0.3 is 5.97 Å². The molecule has 11 nitrogen and oxygen atoms in total. The van der Waals surface area contributed by atoms with Gasteiger partial charge in [0.05, 0.1) is 31.5 Å². The summed E-state index contributed by atoms with van der Waals surface area (Å²) >= 11 is 2.14.